The standard InChI is InChI=1S/C8H5N3O/c12-8-3-6-4-9-5-11-7(6)1-2-10-8/h1-5H. The van der Waals surface area contributed by atoms with Crippen LogP contribution in [-0.2, 0) is 0 Å². The molecule has 0 N–H and O–H groups in total. The zero-order valence-corrected chi connectivity index (χ0v) is 6.14. The minimum Gasteiger partial charge on any atom is -0.267 e. The first-order chi connectivity index (χ1) is 5.86. The van der Waals surface area contributed by atoms with Gasteiger partial charge in [-0.3, -0.25) is 4.79 Å². The van der Waals surface area contributed by atoms with Crippen LogP contribution in [0, 0.1) is 0 Å². The van der Waals surface area contributed by atoms with E-state index < -0.39 is 0 Å². The van der Waals surface area contributed by atoms with Gasteiger partial charge in [-0.2, -0.15) is 0 Å². The van der Waals surface area contributed by atoms with Crippen LogP contribution < -0.4 is 5.56 Å². The summed E-state index contributed by atoms with van der Waals surface area (Å²) >= 11 is 0. The average Bonchev–Trinajstić information content (AvgIpc) is 2.25. The van der Waals surface area contributed by atoms with E-state index >= 15 is 0 Å². The normalized spacial score (nSPS) is 10.0. The van der Waals surface area contributed by atoms with Crippen LogP contribution in [0.3, 0.4) is 0 Å². The number of rotatable bonds is 0. The molecule has 2 rings (SSSR count). The van der Waals surface area contributed by atoms with Gasteiger partial charge < -0.3 is 0 Å². The van der Waals surface area contributed by atoms with Crippen molar-refractivity contribution in [2.24, 2.45) is 0 Å². The summed E-state index contributed by atoms with van der Waals surface area (Å²) < 4.78 is 0. The van der Waals surface area contributed by atoms with Crippen molar-refractivity contribution in [2.75, 3.05) is 0 Å². The zero-order valence-electron chi connectivity index (χ0n) is 6.14. The van der Waals surface area contributed by atoms with Crippen LogP contribution in [0.25, 0.3) is 10.9 Å². The maximum Gasteiger partial charge on any atom is 0.270 e. The zero-order chi connectivity index (χ0) is 8.39. The van der Waals surface area contributed by atoms with E-state index in [0.29, 0.717) is 5.39 Å². The third kappa shape index (κ3) is 1.14. The van der Waals surface area contributed by atoms with Gasteiger partial charge in [0.15, 0.2) is 0 Å². The van der Waals surface area contributed by atoms with Gasteiger partial charge in [0.25, 0.3) is 5.56 Å². The summed E-state index contributed by atoms with van der Waals surface area (Å²) in [4.78, 5) is 22.3. The number of hydrogen-bond acceptors (Lipinski definition) is 4. The van der Waals surface area contributed by atoms with Gasteiger partial charge in [0.1, 0.15) is 6.33 Å². The van der Waals surface area contributed by atoms with Gasteiger partial charge in [-0.1, -0.05) is 0 Å². The first-order valence-electron chi connectivity index (χ1n) is 3.42. The monoisotopic (exact) mass is 159 g/mol. The molecule has 0 saturated carbocycles. The molecule has 0 aliphatic rings. The van der Waals surface area contributed by atoms with Gasteiger partial charge in [0.05, 0.1) is 5.52 Å². The van der Waals surface area contributed by atoms with Crippen molar-refractivity contribution in [3.05, 3.63) is 41.2 Å². The Balaban J connectivity index is 2.98. The second kappa shape index (κ2) is 2.65. The van der Waals surface area contributed by atoms with Gasteiger partial charge in [0, 0.05) is 23.8 Å². The molecule has 0 aliphatic carbocycles. The van der Waals surface area contributed by atoms with Crippen LogP contribution in [0.5, 0.6) is 0 Å². The van der Waals surface area contributed by atoms with E-state index in [2.05, 4.69) is 15.0 Å². The van der Waals surface area contributed by atoms with Crippen LogP contribution in [0.15, 0.2) is 35.6 Å². The summed E-state index contributed by atoms with van der Waals surface area (Å²) in [7, 11) is 0. The third-order valence-corrected chi connectivity index (χ3v) is 1.49. The molecule has 2 aromatic rings. The van der Waals surface area contributed by atoms with E-state index in [1.165, 1.54) is 18.6 Å². The summed E-state index contributed by atoms with van der Waals surface area (Å²) in [5.74, 6) is 0. The molecule has 4 nitrogen and oxygen atoms in total. The molecular formula is C8H5N3O. The summed E-state index contributed by atoms with van der Waals surface area (Å²) in [6, 6.07) is 3.09. The molecule has 0 amide bonds. The highest BCUT2D eigenvalue weighted by Gasteiger charge is 1.91. The van der Waals surface area contributed by atoms with Gasteiger partial charge >= 0.3 is 0 Å². The summed E-state index contributed by atoms with van der Waals surface area (Å²) in [5.41, 5.74) is 0.444. The molecule has 0 atom stereocenters. The van der Waals surface area contributed by atoms with Crippen molar-refractivity contribution < 1.29 is 0 Å². The van der Waals surface area contributed by atoms with Crippen LogP contribution in [0.2, 0.25) is 0 Å². The third-order valence-electron chi connectivity index (χ3n) is 1.49. The maximum atomic E-state index is 10.9. The van der Waals surface area contributed by atoms with Crippen molar-refractivity contribution in [1.82, 2.24) is 15.0 Å². The molecule has 0 unspecified atom stereocenters. The lowest BCUT2D eigenvalue weighted by Crippen LogP contribution is -1.96. The lowest BCUT2D eigenvalue weighted by atomic mass is 10.3. The van der Waals surface area contributed by atoms with E-state index in [9.17, 15) is 4.79 Å². The fourth-order valence-corrected chi connectivity index (χ4v) is 0.952. The van der Waals surface area contributed by atoms with E-state index in [4.69, 9.17) is 0 Å². The highest BCUT2D eigenvalue weighted by molar-refractivity contribution is 5.75. The Kier molecular flexibility index (Phi) is 1.51. The van der Waals surface area contributed by atoms with Crippen molar-refractivity contribution >= 4 is 10.9 Å². The lowest BCUT2D eigenvalue weighted by Gasteiger charge is -1.85. The van der Waals surface area contributed by atoms with E-state index in [1.54, 1.807) is 12.3 Å². The lowest BCUT2D eigenvalue weighted by molar-refractivity contribution is 1.22. The minimum absolute atomic E-state index is 0.278. The Hall–Kier alpha value is -1.84. The second-order valence-electron chi connectivity index (χ2n) is 2.29. The largest absolute Gasteiger partial charge is 0.270 e. The Morgan fingerprint density at radius 1 is 1.25 bits per heavy atom. The fourth-order valence-electron chi connectivity index (χ4n) is 0.952. The quantitative estimate of drug-likeness (QED) is 0.557. The van der Waals surface area contributed by atoms with Gasteiger partial charge in [-0.15, -0.1) is 0 Å². The summed E-state index contributed by atoms with van der Waals surface area (Å²) in [6.07, 6.45) is 4.47. The number of fused-ring (bicyclic) bond motifs is 1. The Bertz CT molecular complexity index is 469. The topological polar surface area (TPSA) is 55.7 Å². The smallest absolute Gasteiger partial charge is 0.267 e. The molecule has 0 aliphatic heterocycles. The molecule has 58 valence electrons. The van der Waals surface area contributed by atoms with Crippen molar-refractivity contribution in [1.29, 1.82) is 0 Å². The number of aromatic nitrogens is 3. The fraction of sp³-hybridized carbons (Fsp3) is 0. The maximum absolute atomic E-state index is 10.9. The molecular weight excluding hydrogens is 154 g/mol. The molecule has 2 heterocycles. The molecule has 0 spiro atoms. The van der Waals surface area contributed by atoms with Crippen LogP contribution in [0.1, 0.15) is 0 Å². The van der Waals surface area contributed by atoms with Crippen LogP contribution in [-0.4, -0.2) is 15.0 Å². The Morgan fingerprint density at radius 3 is 3.08 bits per heavy atom. The van der Waals surface area contributed by atoms with E-state index in [-0.39, 0.29) is 5.56 Å². The molecule has 0 bridgehead atoms. The average molecular weight is 159 g/mol. The van der Waals surface area contributed by atoms with Gasteiger partial charge in [-0.05, 0) is 6.07 Å². The second-order valence-corrected chi connectivity index (χ2v) is 2.29. The molecule has 4 heteroatoms. The highest BCUT2D eigenvalue weighted by Crippen LogP contribution is 2.02. The predicted molar refractivity (Wildman–Crippen MR) is 43.6 cm³/mol. The summed E-state index contributed by atoms with van der Waals surface area (Å²) in [5, 5.41) is 0.708. The van der Waals surface area contributed by atoms with Crippen LogP contribution in [0.4, 0.5) is 0 Å². The molecule has 0 fully saturated rings. The minimum atomic E-state index is -0.278. The number of hydrogen-bond donors (Lipinski definition) is 0. The van der Waals surface area contributed by atoms with Gasteiger partial charge in [0.2, 0.25) is 0 Å². The molecule has 2 aromatic heterocycles. The van der Waals surface area contributed by atoms with Crippen molar-refractivity contribution in [3.63, 3.8) is 0 Å². The molecule has 0 saturated heterocycles. The predicted octanol–water partition coefficient (Wildman–Crippen LogP) is 0.385. The molecule has 0 radical (unpaired) electrons. The first-order valence-corrected chi connectivity index (χ1v) is 3.42. The van der Waals surface area contributed by atoms with Gasteiger partial charge in [-0.25, -0.2) is 15.0 Å². The van der Waals surface area contributed by atoms with E-state index in [1.807, 2.05) is 0 Å². The highest BCUT2D eigenvalue weighted by atomic mass is 16.1. The molecule has 0 aromatic carbocycles. The Labute approximate surface area is 67.9 Å². The first kappa shape index (κ1) is 6.84. The summed E-state index contributed by atoms with van der Waals surface area (Å²) in [6.45, 7) is 0. The number of nitrogens with zero attached hydrogens (tertiary/aromatic N) is 3. The SMILES string of the molecule is O=c1cc2cncnc2ccn1. The van der Waals surface area contributed by atoms with Crippen molar-refractivity contribution in [2.45, 2.75) is 0 Å². The van der Waals surface area contributed by atoms with Crippen molar-refractivity contribution in [3.8, 4) is 0 Å². The Morgan fingerprint density at radius 2 is 2.17 bits per heavy atom. The van der Waals surface area contributed by atoms with E-state index in [0.717, 1.165) is 5.52 Å². The van der Waals surface area contributed by atoms with Crippen LogP contribution >= 0.6 is 0 Å². The molecule has 12 heavy (non-hydrogen) atoms.